The molecule has 0 saturated heterocycles. The number of hydrogen-bond acceptors (Lipinski definition) is 5. The van der Waals surface area contributed by atoms with Gasteiger partial charge in [-0.05, 0) is 69.9 Å². The third-order valence-corrected chi connectivity index (χ3v) is 8.35. The highest BCUT2D eigenvalue weighted by molar-refractivity contribution is 5.98. The molecule has 6 heteroatoms. The number of anilines is 1. The van der Waals surface area contributed by atoms with Gasteiger partial charge in [-0.2, -0.15) is 0 Å². The van der Waals surface area contributed by atoms with Crippen molar-refractivity contribution in [3.63, 3.8) is 0 Å². The van der Waals surface area contributed by atoms with E-state index in [1.54, 1.807) is 12.3 Å². The summed E-state index contributed by atoms with van der Waals surface area (Å²) in [6, 6.07) is 18.4. The molecule has 5 rings (SSSR count). The number of carbonyl (C=O) groups is 1. The molecule has 6 nitrogen and oxygen atoms in total. The number of carbonyl (C=O) groups excluding carboxylic acids is 1. The monoisotopic (exact) mass is 553 g/mol. The lowest BCUT2D eigenvalue weighted by molar-refractivity contribution is 0.0237. The molecule has 0 radical (unpaired) electrons. The number of ether oxygens (including phenoxy) is 2. The van der Waals surface area contributed by atoms with Crippen LogP contribution < -0.4 is 9.64 Å². The van der Waals surface area contributed by atoms with E-state index >= 15 is 0 Å². The highest BCUT2D eigenvalue weighted by atomic mass is 16.6. The van der Waals surface area contributed by atoms with Crippen LogP contribution in [0.1, 0.15) is 86.8 Å². The number of para-hydroxylation sites is 1. The van der Waals surface area contributed by atoms with Crippen molar-refractivity contribution in [1.82, 2.24) is 9.55 Å². The predicted octanol–water partition coefficient (Wildman–Crippen LogP) is 7.88. The molecular weight excluding hydrogens is 510 g/mol. The number of benzene rings is 2. The Labute approximate surface area is 244 Å². The lowest BCUT2D eigenvalue weighted by Gasteiger charge is -2.32. The van der Waals surface area contributed by atoms with Gasteiger partial charge < -0.3 is 18.9 Å². The highest BCUT2D eigenvalue weighted by Gasteiger charge is 2.54. The SMILES string of the molecule is CCCCOc1cc(N(CC)CC)ccc1C1(c2c(C)n(CCC(C)C)c3ccccc23)OC(=O)c2cccnc21. The summed E-state index contributed by atoms with van der Waals surface area (Å²) in [7, 11) is 0. The molecule has 0 spiro atoms. The molecule has 3 heterocycles. The van der Waals surface area contributed by atoms with Crippen LogP contribution in [-0.2, 0) is 16.9 Å². The summed E-state index contributed by atoms with van der Waals surface area (Å²) in [4.78, 5) is 20.8. The fraction of sp³-hybridized carbons (Fsp3) is 0.429. The molecule has 1 aliphatic rings. The van der Waals surface area contributed by atoms with Crippen LogP contribution in [0.25, 0.3) is 10.9 Å². The minimum atomic E-state index is -1.25. The Morgan fingerprint density at radius 3 is 2.56 bits per heavy atom. The second-order valence-electron chi connectivity index (χ2n) is 11.3. The Morgan fingerprint density at radius 1 is 1.05 bits per heavy atom. The van der Waals surface area contributed by atoms with Crippen LogP contribution in [-0.4, -0.2) is 35.2 Å². The number of aryl methyl sites for hydroxylation is 1. The van der Waals surface area contributed by atoms with Gasteiger partial charge in [0.15, 0.2) is 0 Å². The molecule has 0 N–H and O–H groups in total. The molecule has 0 saturated carbocycles. The summed E-state index contributed by atoms with van der Waals surface area (Å²) in [6.45, 7) is 16.4. The maximum atomic E-state index is 13.6. The first-order chi connectivity index (χ1) is 19.9. The van der Waals surface area contributed by atoms with Crippen LogP contribution in [0.5, 0.6) is 5.75 Å². The van der Waals surface area contributed by atoms with Gasteiger partial charge in [-0.25, -0.2) is 4.79 Å². The topological polar surface area (TPSA) is 56.6 Å². The van der Waals surface area contributed by atoms with E-state index in [0.29, 0.717) is 23.8 Å². The van der Waals surface area contributed by atoms with Crippen LogP contribution in [0.3, 0.4) is 0 Å². The van der Waals surface area contributed by atoms with E-state index in [0.717, 1.165) is 78.1 Å². The summed E-state index contributed by atoms with van der Waals surface area (Å²) in [5.74, 6) is 0.928. The Kier molecular flexibility index (Phi) is 8.39. The van der Waals surface area contributed by atoms with Gasteiger partial charge in [0.1, 0.15) is 11.4 Å². The molecule has 0 amide bonds. The van der Waals surface area contributed by atoms with Crippen LogP contribution in [0.4, 0.5) is 5.69 Å². The zero-order valence-corrected chi connectivity index (χ0v) is 25.4. The van der Waals surface area contributed by atoms with E-state index in [1.807, 2.05) is 6.07 Å². The molecule has 2 aromatic carbocycles. The van der Waals surface area contributed by atoms with Crippen LogP contribution in [0.2, 0.25) is 0 Å². The molecule has 0 fully saturated rings. The standard InChI is InChI=1S/C35H43N3O3/c1-7-10-22-40-31-23-26(37(8-2)9-3)17-18-29(31)35(33-28(34(39)41-35)15-13-20-36-33)32-25(6)38(21-19-24(4)5)30-16-12-11-14-27(30)32/h11-18,20,23-24H,7-10,19,21-22H2,1-6H3. The van der Waals surface area contributed by atoms with Gasteiger partial charge in [0, 0.05) is 65.3 Å². The Hall–Kier alpha value is -3.80. The van der Waals surface area contributed by atoms with E-state index in [1.165, 1.54) is 0 Å². The molecule has 1 unspecified atom stereocenters. The molecule has 2 aromatic heterocycles. The minimum absolute atomic E-state index is 0.362. The predicted molar refractivity (Wildman–Crippen MR) is 166 cm³/mol. The van der Waals surface area contributed by atoms with Gasteiger partial charge in [0.05, 0.1) is 12.2 Å². The number of esters is 1. The first-order valence-electron chi connectivity index (χ1n) is 15.2. The molecule has 4 aromatic rings. The van der Waals surface area contributed by atoms with E-state index in [2.05, 4.69) is 93.5 Å². The summed E-state index contributed by atoms with van der Waals surface area (Å²) in [5, 5.41) is 1.06. The number of unbranched alkanes of at least 4 members (excludes halogenated alkanes) is 1. The number of hydrogen-bond donors (Lipinski definition) is 0. The van der Waals surface area contributed by atoms with Crippen molar-refractivity contribution in [3.05, 3.63) is 88.9 Å². The van der Waals surface area contributed by atoms with Gasteiger partial charge in [-0.15, -0.1) is 0 Å². The second kappa shape index (κ2) is 12.0. The first kappa shape index (κ1) is 28.7. The smallest absolute Gasteiger partial charge is 0.341 e. The van der Waals surface area contributed by atoms with Crippen molar-refractivity contribution in [2.75, 3.05) is 24.6 Å². The number of fused-ring (bicyclic) bond motifs is 2. The molecular formula is C35H43N3O3. The van der Waals surface area contributed by atoms with Crippen molar-refractivity contribution in [3.8, 4) is 5.75 Å². The normalized spacial score (nSPS) is 16.3. The first-order valence-corrected chi connectivity index (χ1v) is 15.2. The largest absolute Gasteiger partial charge is 0.493 e. The molecule has 1 atom stereocenters. The quantitative estimate of drug-likeness (QED) is 0.132. The second-order valence-corrected chi connectivity index (χ2v) is 11.3. The van der Waals surface area contributed by atoms with Gasteiger partial charge >= 0.3 is 5.97 Å². The summed E-state index contributed by atoms with van der Waals surface area (Å²) < 4.78 is 15.5. The van der Waals surface area contributed by atoms with Crippen molar-refractivity contribution in [2.45, 2.75) is 73.0 Å². The third-order valence-electron chi connectivity index (χ3n) is 8.35. The number of nitrogens with zero attached hydrogens (tertiary/aromatic N) is 3. The van der Waals surface area contributed by atoms with Crippen LogP contribution in [0, 0.1) is 12.8 Å². The molecule has 0 bridgehead atoms. The maximum absolute atomic E-state index is 13.6. The number of aromatic nitrogens is 2. The number of cyclic esters (lactones) is 1. The van der Waals surface area contributed by atoms with E-state index in [-0.39, 0.29) is 5.97 Å². The molecule has 216 valence electrons. The average Bonchev–Trinajstić information content (AvgIpc) is 3.43. The average molecular weight is 554 g/mol. The lowest BCUT2D eigenvalue weighted by Crippen LogP contribution is -2.32. The van der Waals surface area contributed by atoms with Crippen LogP contribution >= 0.6 is 0 Å². The van der Waals surface area contributed by atoms with E-state index < -0.39 is 5.60 Å². The Morgan fingerprint density at radius 2 is 1.83 bits per heavy atom. The van der Waals surface area contributed by atoms with Crippen molar-refractivity contribution in [2.24, 2.45) is 5.92 Å². The van der Waals surface area contributed by atoms with E-state index in [4.69, 9.17) is 14.5 Å². The number of rotatable bonds is 12. The molecule has 0 aliphatic carbocycles. The van der Waals surface area contributed by atoms with Gasteiger partial charge in [0.25, 0.3) is 0 Å². The highest BCUT2D eigenvalue weighted by Crippen LogP contribution is 2.53. The van der Waals surface area contributed by atoms with E-state index in [9.17, 15) is 4.79 Å². The Balaban J connectivity index is 1.84. The number of pyridine rings is 1. The zero-order valence-electron chi connectivity index (χ0n) is 25.4. The summed E-state index contributed by atoms with van der Waals surface area (Å²) >= 11 is 0. The fourth-order valence-corrected chi connectivity index (χ4v) is 6.16. The minimum Gasteiger partial charge on any atom is -0.493 e. The third kappa shape index (κ3) is 4.98. The van der Waals surface area contributed by atoms with Gasteiger partial charge in [-0.1, -0.05) is 45.4 Å². The Bertz CT molecular complexity index is 1540. The zero-order chi connectivity index (χ0) is 29.1. The van der Waals surface area contributed by atoms with Crippen molar-refractivity contribution >= 4 is 22.6 Å². The molecule has 41 heavy (non-hydrogen) atoms. The summed E-state index contributed by atoms with van der Waals surface area (Å²) in [5.41, 5.74) is 4.93. The van der Waals surface area contributed by atoms with Gasteiger partial charge in [-0.3, -0.25) is 4.98 Å². The molecule has 1 aliphatic heterocycles. The summed E-state index contributed by atoms with van der Waals surface area (Å²) in [6.07, 6.45) is 4.76. The maximum Gasteiger partial charge on any atom is 0.341 e. The lowest BCUT2D eigenvalue weighted by atomic mass is 9.80. The van der Waals surface area contributed by atoms with Gasteiger partial charge in [0.2, 0.25) is 5.60 Å². The van der Waals surface area contributed by atoms with Crippen molar-refractivity contribution < 1.29 is 14.3 Å². The van der Waals surface area contributed by atoms with Crippen molar-refractivity contribution in [1.29, 1.82) is 0 Å². The van der Waals surface area contributed by atoms with Crippen LogP contribution in [0.15, 0.2) is 60.8 Å². The fourth-order valence-electron chi connectivity index (χ4n) is 6.16.